The lowest BCUT2D eigenvalue weighted by atomic mass is 10.3. The standard InChI is InChI=1S/C7H10ClN3O/c1-11(2)7-5(3-12)6(8)9-4-10-7/h4,12H,3H2,1-2H3. The Morgan fingerprint density at radius 2 is 2.17 bits per heavy atom. The van der Waals surface area contributed by atoms with Gasteiger partial charge in [0.15, 0.2) is 0 Å². The topological polar surface area (TPSA) is 49.2 Å². The van der Waals surface area contributed by atoms with E-state index in [1.807, 2.05) is 14.1 Å². The van der Waals surface area contributed by atoms with Gasteiger partial charge in [-0.3, -0.25) is 0 Å². The fourth-order valence-corrected chi connectivity index (χ4v) is 1.09. The molecular formula is C7H10ClN3O. The van der Waals surface area contributed by atoms with Crippen LogP contribution in [0.3, 0.4) is 0 Å². The van der Waals surface area contributed by atoms with Crippen molar-refractivity contribution in [2.24, 2.45) is 0 Å². The van der Waals surface area contributed by atoms with Crippen LogP contribution in [-0.4, -0.2) is 29.2 Å². The number of hydrogen-bond donors (Lipinski definition) is 1. The van der Waals surface area contributed by atoms with Crippen LogP contribution < -0.4 is 4.90 Å². The minimum absolute atomic E-state index is 0.146. The zero-order valence-corrected chi connectivity index (χ0v) is 7.71. The third-order valence-electron chi connectivity index (χ3n) is 1.45. The summed E-state index contributed by atoms with van der Waals surface area (Å²) in [5.41, 5.74) is 0.559. The first-order valence-electron chi connectivity index (χ1n) is 3.44. The van der Waals surface area contributed by atoms with Crippen LogP contribution in [0.1, 0.15) is 5.56 Å². The van der Waals surface area contributed by atoms with E-state index in [9.17, 15) is 0 Å². The van der Waals surface area contributed by atoms with Crippen LogP contribution in [0.25, 0.3) is 0 Å². The van der Waals surface area contributed by atoms with Crippen LogP contribution >= 0.6 is 11.6 Å². The highest BCUT2D eigenvalue weighted by atomic mass is 35.5. The summed E-state index contributed by atoms with van der Waals surface area (Å²) in [5, 5.41) is 9.26. The number of aliphatic hydroxyl groups is 1. The molecule has 0 aromatic carbocycles. The number of aromatic nitrogens is 2. The molecule has 1 aromatic rings. The lowest BCUT2D eigenvalue weighted by molar-refractivity contribution is 0.281. The van der Waals surface area contributed by atoms with Gasteiger partial charge in [0.1, 0.15) is 17.3 Å². The number of halogens is 1. The summed E-state index contributed by atoms with van der Waals surface area (Å²) < 4.78 is 0. The van der Waals surface area contributed by atoms with Gasteiger partial charge in [-0.05, 0) is 0 Å². The van der Waals surface area contributed by atoms with E-state index in [1.165, 1.54) is 6.33 Å². The molecule has 0 unspecified atom stereocenters. The van der Waals surface area contributed by atoms with Crippen molar-refractivity contribution >= 4 is 17.4 Å². The summed E-state index contributed by atoms with van der Waals surface area (Å²) in [5.74, 6) is 0.650. The molecule has 1 N–H and O–H groups in total. The molecule has 0 atom stereocenters. The molecule has 0 fully saturated rings. The zero-order chi connectivity index (χ0) is 9.14. The highest BCUT2D eigenvalue weighted by molar-refractivity contribution is 6.30. The molecule has 1 rings (SSSR count). The number of hydrogen-bond acceptors (Lipinski definition) is 4. The summed E-state index contributed by atoms with van der Waals surface area (Å²) in [6, 6.07) is 0. The van der Waals surface area contributed by atoms with Crippen molar-refractivity contribution < 1.29 is 5.11 Å². The largest absolute Gasteiger partial charge is 0.391 e. The lowest BCUT2D eigenvalue weighted by Gasteiger charge is -2.14. The van der Waals surface area contributed by atoms with Crippen LogP contribution in [0, 0.1) is 0 Å². The number of rotatable bonds is 2. The minimum Gasteiger partial charge on any atom is -0.391 e. The van der Waals surface area contributed by atoms with Gasteiger partial charge < -0.3 is 10.0 Å². The SMILES string of the molecule is CN(C)c1ncnc(Cl)c1CO. The summed E-state index contributed by atoms with van der Waals surface area (Å²) in [4.78, 5) is 9.52. The monoisotopic (exact) mass is 187 g/mol. The summed E-state index contributed by atoms with van der Waals surface area (Å²) in [6.45, 7) is -0.146. The Morgan fingerprint density at radius 1 is 1.50 bits per heavy atom. The van der Waals surface area contributed by atoms with E-state index < -0.39 is 0 Å². The van der Waals surface area contributed by atoms with E-state index in [0.717, 1.165) is 0 Å². The molecule has 1 aromatic heterocycles. The molecule has 0 spiro atoms. The Kier molecular flexibility index (Phi) is 2.83. The maximum atomic E-state index is 8.96. The van der Waals surface area contributed by atoms with Crippen molar-refractivity contribution in [3.05, 3.63) is 17.0 Å². The Morgan fingerprint density at radius 3 is 2.58 bits per heavy atom. The van der Waals surface area contributed by atoms with Gasteiger partial charge in [-0.15, -0.1) is 0 Å². The van der Waals surface area contributed by atoms with Crippen LogP contribution in [0.2, 0.25) is 5.15 Å². The minimum atomic E-state index is -0.146. The quantitative estimate of drug-likeness (QED) is 0.693. The van der Waals surface area contributed by atoms with Crippen molar-refractivity contribution in [1.29, 1.82) is 0 Å². The van der Waals surface area contributed by atoms with E-state index >= 15 is 0 Å². The molecule has 0 aliphatic heterocycles. The normalized spacial score (nSPS) is 10.0. The van der Waals surface area contributed by atoms with Gasteiger partial charge in [-0.1, -0.05) is 11.6 Å². The Labute approximate surface area is 75.8 Å². The van der Waals surface area contributed by atoms with Gasteiger partial charge >= 0.3 is 0 Å². The van der Waals surface area contributed by atoms with E-state index in [4.69, 9.17) is 16.7 Å². The maximum absolute atomic E-state index is 8.96. The smallest absolute Gasteiger partial charge is 0.140 e. The highest BCUT2D eigenvalue weighted by Crippen LogP contribution is 2.20. The molecule has 4 nitrogen and oxygen atoms in total. The van der Waals surface area contributed by atoms with Gasteiger partial charge in [0.05, 0.1) is 12.2 Å². The zero-order valence-electron chi connectivity index (χ0n) is 6.95. The predicted molar refractivity (Wildman–Crippen MR) is 47.3 cm³/mol. The fraction of sp³-hybridized carbons (Fsp3) is 0.429. The van der Waals surface area contributed by atoms with Gasteiger partial charge in [-0.25, -0.2) is 9.97 Å². The van der Waals surface area contributed by atoms with Crippen molar-refractivity contribution in [1.82, 2.24) is 9.97 Å². The molecule has 0 aliphatic rings. The van der Waals surface area contributed by atoms with E-state index in [1.54, 1.807) is 4.90 Å². The molecule has 0 bridgehead atoms. The third kappa shape index (κ3) is 1.65. The summed E-state index contributed by atoms with van der Waals surface area (Å²) >= 11 is 5.74. The maximum Gasteiger partial charge on any atom is 0.140 e. The number of nitrogens with zero attached hydrogens (tertiary/aromatic N) is 3. The van der Waals surface area contributed by atoms with Crippen molar-refractivity contribution in [3.63, 3.8) is 0 Å². The van der Waals surface area contributed by atoms with Crippen molar-refractivity contribution in [2.45, 2.75) is 6.61 Å². The second-order valence-corrected chi connectivity index (χ2v) is 2.88. The van der Waals surface area contributed by atoms with Gasteiger partial charge in [0.2, 0.25) is 0 Å². The highest BCUT2D eigenvalue weighted by Gasteiger charge is 2.09. The van der Waals surface area contributed by atoms with Crippen LogP contribution in [0.5, 0.6) is 0 Å². The molecule has 0 saturated carbocycles. The first-order valence-corrected chi connectivity index (χ1v) is 3.82. The molecule has 0 aliphatic carbocycles. The van der Waals surface area contributed by atoms with E-state index in [0.29, 0.717) is 16.5 Å². The average molecular weight is 188 g/mol. The molecule has 5 heteroatoms. The second-order valence-electron chi connectivity index (χ2n) is 2.52. The number of aliphatic hydroxyl groups excluding tert-OH is 1. The molecule has 0 radical (unpaired) electrons. The first-order chi connectivity index (χ1) is 5.66. The van der Waals surface area contributed by atoms with Crippen molar-refractivity contribution in [3.8, 4) is 0 Å². The third-order valence-corrected chi connectivity index (χ3v) is 1.78. The van der Waals surface area contributed by atoms with Gasteiger partial charge in [0, 0.05) is 14.1 Å². The summed E-state index contributed by atoms with van der Waals surface area (Å²) in [7, 11) is 3.66. The van der Waals surface area contributed by atoms with Crippen LogP contribution in [0.4, 0.5) is 5.82 Å². The van der Waals surface area contributed by atoms with Crippen LogP contribution in [0.15, 0.2) is 6.33 Å². The molecule has 0 saturated heterocycles. The number of anilines is 1. The van der Waals surface area contributed by atoms with E-state index in [-0.39, 0.29) is 6.61 Å². The summed E-state index contributed by atoms with van der Waals surface area (Å²) in [6.07, 6.45) is 1.37. The lowest BCUT2D eigenvalue weighted by Crippen LogP contribution is -2.14. The van der Waals surface area contributed by atoms with Gasteiger partial charge in [-0.2, -0.15) is 0 Å². The Bertz CT molecular complexity index is 277. The molecular weight excluding hydrogens is 178 g/mol. The molecule has 66 valence electrons. The Balaban J connectivity index is 3.18. The van der Waals surface area contributed by atoms with E-state index in [2.05, 4.69) is 9.97 Å². The van der Waals surface area contributed by atoms with Crippen LogP contribution in [-0.2, 0) is 6.61 Å². The second kappa shape index (κ2) is 3.69. The van der Waals surface area contributed by atoms with Crippen molar-refractivity contribution in [2.75, 3.05) is 19.0 Å². The average Bonchev–Trinajstić information content (AvgIpc) is 2.03. The van der Waals surface area contributed by atoms with Gasteiger partial charge in [0.25, 0.3) is 0 Å². The fourth-order valence-electron chi connectivity index (χ4n) is 0.904. The first kappa shape index (κ1) is 9.22. The molecule has 12 heavy (non-hydrogen) atoms. The Hall–Kier alpha value is -0.870. The molecule has 1 heterocycles. The predicted octanol–water partition coefficient (Wildman–Crippen LogP) is 0.688. The molecule has 0 amide bonds.